The van der Waals surface area contributed by atoms with E-state index >= 15 is 0 Å². The Hall–Kier alpha value is -2.62. The lowest BCUT2D eigenvalue weighted by Gasteiger charge is -2.06. The van der Waals surface area contributed by atoms with Gasteiger partial charge in [0, 0.05) is 37.6 Å². The second-order valence-electron chi connectivity index (χ2n) is 6.64. The Balaban J connectivity index is 1.77. The zero-order chi connectivity index (χ0) is 21.4. The fourth-order valence-corrected chi connectivity index (χ4v) is 4.23. The predicted octanol–water partition coefficient (Wildman–Crippen LogP) is 3.87. The first kappa shape index (κ1) is 20.6. The third kappa shape index (κ3) is 4.14. The Kier molecular flexibility index (Phi) is 5.68. The molecule has 0 fully saturated rings. The molecule has 4 rings (SSSR count). The summed E-state index contributed by atoms with van der Waals surface area (Å²) in [5, 5.41) is 4.84. The molecule has 0 saturated heterocycles. The van der Waals surface area contributed by atoms with Crippen molar-refractivity contribution in [3.63, 3.8) is 0 Å². The summed E-state index contributed by atoms with van der Waals surface area (Å²) >= 11 is 9.54. The minimum atomic E-state index is -1.50. The number of aromatic amines is 2. The van der Waals surface area contributed by atoms with Crippen molar-refractivity contribution < 1.29 is 13.8 Å². The highest BCUT2D eigenvalue weighted by Gasteiger charge is 2.21. The standard InChI is InChI=1S/C20H16BrClN4O3S/c1-30(29)26-17(27)9-23-20(28)18-13-4-2-11(21)8-15(13)25-19(18)16-7-10-6-12(22)3-5-14(10)24-16/h2-8,24-25H,9H2,1H3,(H,23,28)(H,26,27). The van der Waals surface area contributed by atoms with Crippen molar-refractivity contribution in [2.75, 3.05) is 12.8 Å². The van der Waals surface area contributed by atoms with E-state index < -0.39 is 22.8 Å². The van der Waals surface area contributed by atoms with Crippen molar-refractivity contribution in [3.05, 3.63) is 57.5 Å². The van der Waals surface area contributed by atoms with Crippen LogP contribution in [0.1, 0.15) is 10.4 Å². The minimum Gasteiger partial charge on any atom is -0.353 e. The van der Waals surface area contributed by atoms with Gasteiger partial charge in [0.2, 0.25) is 0 Å². The molecular weight excluding hydrogens is 492 g/mol. The third-order valence-corrected chi connectivity index (χ3v) is 5.75. The minimum absolute atomic E-state index is 0.288. The van der Waals surface area contributed by atoms with Gasteiger partial charge in [-0.1, -0.05) is 33.6 Å². The number of rotatable bonds is 5. The van der Waals surface area contributed by atoms with Crippen LogP contribution in [-0.4, -0.2) is 38.8 Å². The normalized spacial score (nSPS) is 12.2. The van der Waals surface area contributed by atoms with Gasteiger partial charge in [-0.05, 0) is 36.4 Å². The second-order valence-corrected chi connectivity index (χ2v) is 9.11. The van der Waals surface area contributed by atoms with E-state index in [0.717, 1.165) is 20.9 Å². The van der Waals surface area contributed by atoms with Crippen LogP contribution in [0.2, 0.25) is 5.02 Å². The molecule has 0 spiro atoms. The molecule has 4 N–H and O–H groups in total. The summed E-state index contributed by atoms with van der Waals surface area (Å²) in [4.78, 5) is 31.4. The van der Waals surface area contributed by atoms with Crippen LogP contribution in [0.5, 0.6) is 0 Å². The fourth-order valence-electron chi connectivity index (χ4n) is 3.29. The van der Waals surface area contributed by atoms with E-state index in [-0.39, 0.29) is 6.54 Å². The summed E-state index contributed by atoms with van der Waals surface area (Å²) in [7, 11) is -1.50. The van der Waals surface area contributed by atoms with Crippen LogP contribution >= 0.6 is 27.5 Å². The first-order valence-electron chi connectivity index (χ1n) is 8.83. The van der Waals surface area contributed by atoms with Crippen molar-refractivity contribution in [2.45, 2.75) is 0 Å². The average Bonchev–Trinajstić information content (AvgIpc) is 3.25. The van der Waals surface area contributed by atoms with Crippen LogP contribution in [0.15, 0.2) is 46.9 Å². The van der Waals surface area contributed by atoms with Gasteiger partial charge in [0.15, 0.2) is 0 Å². The molecule has 0 aliphatic carbocycles. The molecule has 0 aliphatic rings. The number of nitrogens with one attached hydrogen (secondary N) is 4. The van der Waals surface area contributed by atoms with Crippen molar-refractivity contribution in [1.29, 1.82) is 0 Å². The van der Waals surface area contributed by atoms with Crippen LogP contribution in [0.4, 0.5) is 0 Å². The molecule has 0 aliphatic heterocycles. The molecular formula is C20H16BrClN4O3S. The van der Waals surface area contributed by atoms with Gasteiger partial charge in [0.05, 0.1) is 23.5 Å². The van der Waals surface area contributed by atoms with Crippen LogP contribution in [-0.2, 0) is 15.8 Å². The SMILES string of the molecule is CS(=O)NC(=O)CNC(=O)c1c(-c2cc3cc(Cl)ccc3[nH]2)[nH]c2cc(Br)ccc12. The smallest absolute Gasteiger partial charge is 0.254 e. The zero-order valence-corrected chi connectivity index (χ0v) is 18.8. The summed E-state index contributed by atoms with van der Waals surface area (Å²) < 4.78 is 14.2. The van der Waals surface area contributed by atoms with Gasteiger partial charge in [-0.15, -0.1) is 0 Å². The highest BCUT2D eigenvalue weighted by molar-refractivity contribution is 9.10. The Morgan fingerprint density at radius 2 is 1.90 bits per heavy atom. The van der Waals surface area contributed by atoms with E-state index in [1.807, 2.05) is 36.4 Å². The number of H-pyrrole nitrogens is 2. The Morgan fingerprint density at radius 3 is 2.67 bits per heavy atom. The molecule has 1 atom stereocenters. The molecule has 7 nitrogen and oxygen atoms in total. The molecule has 2 aromatic carbocycles. The molecule has 2 heterocycles. The number of carbonyl (C=O) groups is 2. The molecule has 2 aromatic heterocycles. The molecule has 154 valence electrons. The van der Waals surface area contributed by atoms with Crippen molar-refractivity contribution >= 4 is 72.1 Å². The lowest BCUT2D eigenvalue weighted by atomic mass is 10.1. The number of fused-ring (bicyclic) bond motifs is 2. The monoisotopic (exact) mass is 506 g/mol. The van der Waals surface area contributed by atoms with Crippen molar-refractivity contribution in [1.82, 2.24) is 20.0 Å². The molecule has 1 unspecified atom stereocenters. The van der Waals surface area contributed by atoms with Gasteiger partial charge in [0.1, 0.15) is 11.0 Å². The number of benzene rings is 2. The van der Waals surface area contributed by atoms with E-state index in [1.54, 1.807) is 6.07 Å². The number of amides is 2. The number of hydrogen-bond acceptors (Lipinski definition) is 3. The summed E-state index contributed by atoms with van der Waals surface area (Å²) in [5.41, 5.74) is 3.35. The van der Waals surface area contributed by atoms with Crippen LogP contribution in [0, 0.1) is 0 Å². The van der Waals surface area contributed by atoms with Gasteiger partial charge >= 0.3 is 0 Å². The topological polar surface area (TPSA) is 107 Å². The number of carbonyl (C=O) groups excluding carboxylic acids is 2. The molecule has 10 heteroatoms. The highest BCUT2D eigenvalue weighted by Crippen LogP contribution is 2.33. The first-order chi connectivity index (χ1) is 14.3. The fraction of sp³-hybridized carbons (Fsp3) is 0.100. The average molecular weight is 508 g/mol. The Labute approximate surface area is 187 Å². The molecule has 4 aromatic rings. The maximum Gasteiger partial charge on any atom is 0.254 e. The summed E-state index contributed by atoms with van der Waals surface area (Å²) in [6.07, 6.45) is 1.34. The Bertz CT molecular complexity index is 1330. The lowest BCUT2D eigenvalue weighted by molar-refractivity contribution is -0.118. The van der Waals surface area contributed by atoms with E-state index in [9.17, 15) is 13.8 Å². The number of halogens is 2. The van der Waals surface area contributed by atoms with Crippen LogP contribution in [0.3, 0.4) is 0 Å². The maximum absolute atomic E-state index is 13.0. The highest BCUT2D eigenvalue weighted by atomic mass is 79.9. The Morgan fingerprint density at radius 1 is 1.10 bits per heavy atom. The number of aromatic nitrogens is 2. The van der Waals surface area contributed by atoms with E-state index in [0.29, 0.717) is 27.4 Å². The quantitative estimate of drug-likeness (QED) is 0.329. The summed E-state index contributed by atoms with van der Waals surface area (Å²) in [6, 6.07) is 13.0. The van der Waals surface area contributed by atoms with Crippen molar-refractivity contribution in [2.24, 2.45) is 0 Å². The van der Waals surface area contributed by atoms with Gasteiger partial charge in [0.25, 0.3) is 11.8 Å². The predicted molar refractivity (Wildman–Crippen MR) is 123 cm³/mol. The maximum atomic E-state index is 13.0. The van der Waals surface area contributed by atoms with Crippen molar-refractivity contribution in [3.8, 4) is 11.4 Å². The molecule has 0 bridgehead atoms. The van der Waals surface area contributed by atoms with Crippen LogP contribution in [0.25, 0.3) is 33.2 Å². The van der Waals surface area contributed by atoms with E-state index in [4.69, 9.17) is 11.6 Å². The zero-order valence-electron chi connectivity index (χ0n) is 15.6. The third-order valence-electron chi connectivity index (χ3n) is 4.51. The largest absolute Gasteiger partial charge is 0.353 e. The summed E-state index contributed by atoms with van der Waals surface area (Å²) in [6.45, 7) is -0.288. The first-order valence-corrected chi connectivity index (χ1v) is 11.6. The van der Waals surface area contributed by atoms with Crippen LogP contribution < -0.4 is 10.0 Å². The number of hydrogen-bond donors (Lipinski definition) is 4. The van der Waals surface area contributed by atoms with Gasteiger partial charge in [-0.2, -0.15) is 0 Å². The molecule has 0 saturated carbocycles. The molecule has 30 heavy (non-hydrogen) atoms. The molecule has 0 radical (unpaired) electrons. The van der Waals surface area contributed by atoms with Gasteiger partial charge < -0.3 is 15.3 Å². The lowest BCUT2D eigenvalue weighted by Crippen LogP contribution is -2.37. The molecule has 2 amide bonds. The van der Waals surface area contributed by atoms with E-state index in [1.165, 1.54) is 6.26 Å². The van der Waals surface area contributed by atoms with Gasteiger partial charge in [-0.3, -0.25) is 14.3 Å². The summed E-state index contributed by atoms with van der Waals surface area (Å²) in [5.74, 6) is -0.958. The van der Waals surface area contributed by atoms with E-state index in [2.05, 4.69) is 35.9 Å². The second kappa shape index (κ2) is 8.25. The van der Waals surface area contributed by atoms with Gasteiger partial charge in [-0.25, -0.2) is 4.21 Å².